The lowest BCUT2D eigenvalue weighted by Gasteiger charge is -2.37. The van der Waals surface area contributed by atoms with E-state index in [1.807, 2.05) is 0 Å². The second kappa shape index (κ2) is 9.50. The van der Waals surface area contributed by atoms with Crippen LogP contribution in [0.5, 0.6) is 0 Å². The number of anilines is 2. The molecule has 1 saturated carbocycles. The zero-order valence-corrected chi connectivity index (χ0v) is 20.9. The van der Waals surface area contributed by atoms with Crippen LogP contribution in [-0.2, 0) is 16.6 Å². The number of Topliss-reactive ketones (excluding diaryl/α,β-unsaturated/α-hetero) is 1. The molecule has 9 nitrogen and oxygen atoms in total. The van der Waals surface area contributed by atoms with Crippen molar-refractivity contribution in [1.29, 1.82) is 0 Å². The summed E-state index contributed by atoms with van der Waals surface area (Å²) in [5.74, 6) is 3.54. The van der Waals surface area contributed by atoms with Gasteiger partial charge < -0.3 is 24.5 Å². The number of likely N-dealkylation sites (N-methyl/N-ethyl adjacent to an activating group) is 1. The van der Waals surface area contributed by atoms with Gasteiger partial charge in [-0.1, -0.05) is 11.6 Å². The van der Waals surface area contributed by atoms with Gasteiger partial charge in [0.15, 0.2) is 0 Å². The van der Waals surface area contributed by atoms with E-state index in [1.54, 1.807) is 0 Å². The molecule has 4 heterocycles. The van der Waals surface area contributed by atoms with Crippen LogP contribution in [0, 0.1) is 0 Å². The highest BCUT2D eigenvalue weighted by molar-refractivity contribution is 5.91. The van der Waals surface area contributed by atoms with Gasteiger partial charge in [0, 0.05) is 63.9 Å². The van der Waals surface area contributed by atoms with Gasteiger partial charge in [-0.25, -0.2) is 9.97 Å². The molecule has 0 radical (unpaired) electrons. The van der Waals surface area contributed by atoms with Crippen LogP contribution in [0.3, 0.4) is 0 Å². The molecular formula is C26H37N7O2. The largest absolute Gasteiger partial charge is 0.355 e. The molecule has 0 amide bonds. The number of carbonyl (C=O) groups is 1. The maximum Gasteiger partial charge on any atom is 0.207 e. The number of rotatable bonds is 3. The predicted molar refractivity (Wildman–Crippen MR) is 135 cm³/mol. The van der Waals surface area contributed by atoms with E-state index in [2.05, 4.69) is 38.3 Å². The third-order valence-corrected chi connectivity index (χ3v) is 8.46. The van der Waals surface area contributed by atoms with Crippen LogP contribution < -0.4 is 15.1 Å². The van der Waals surface area contributed by atoms with Gasteiger partial charge in [-0.05, 0) is 52.1 Å². The Bertz CT molecular complexity index is 1070. The van der Waals surface area contributed by atoms with Crippen LogP contribution in [0.15, 0.2) is 10.6 Å². The van der Waals surface area contributed by atoms with Crippen LogP contribution in [0.4, 0.5) is 11.6 Å². The Morgan fingerprint density at radius 2 is 1.66 bits per heavy atom. The number of fused-ring (bicyclic) bond motifs is 2. The summed E-state index contributed by atoms with van der Waals surface area (Å²) in [6.07, 6.45) is 7.44. The van der Waals surface area contributed by atoms with Gasteiger partial charge in [0.2, 0.25) is 11.6 Å². The fourth-order valence-electron chi connectivity index (χ4n) is 6.34. The minimum atomic E-state index is -0.456. The summed E-state index contributed by atoms with van der Waals surface area (Å²) in [6, 6.07) is 2.15. The maximum absolute atomic E-state index is 13.1. The number of ketones is 1. The fourth-order valence-corrected chi connectivity index (χ4v) is 6.34. The molecule has 0 aromatic carbocycles. The SMILES string of the molecule is CN1CCN(c2cc(N3CCCNCC3)nc(-c3onc4c3CCC[C@@]43CCCCC3=O)n2)CC1. The molecule has 1 atom stereocenters. The van der Waals surface area contributed by atoms with Crippen molar-refractivity contribution < 1.29 is 9.32 Å². The molecule has 6 rings (SSSR count). The second-order valence-corrected chi connectivity index (χ2v) is 10.7. The quantitative estimate of drug-likeness (QED) is 0.713. The number of carbonyl (C=O) groups excluding carboxylic acids is 1. The van der Waals surface area contributed by atoms with Gasteiger partial charge in [-0.15, -0.1) is 0 Å². The summed E-state index contributed by atoms with van der Waals surface area (Å²) in [7, 11) is 2.17. The first kappa shape index (κ1) is 22.9. The highest BCUT2D eigenvalue weighted by atomic mass is 16.5. The van der Waals surface area contributed by atoms with Gasteiger partial charge >= 0.3 is 0 Å². The van der Waals surface area contributed by atoms with Crippen molar-refractivity contribution in [1.82, 2.24) is 25.3 Å². The Morgan fingerprint density at radius 3 is 2.46 bits per heavy atom. The summed E-state index contributed by atoms with van der Waals surface area (Å²) in [5.41, 5.74) is 1.48. The summed E-state index contributed by atoms with van der Waals surface area (Å²) >= 11 is 0. The van der Waals surface area contributed by atoms with Crippen molar-refractivity contribution in [2.24, 2.45) is 0 Å². The predicted octanol–water partition coefficient (Wildman–Crippen LogP) is 2.40. The maximum atomic E-state index is 13.1. The Kier molecular flexibility index (Phi) is 6.22. The Hall–Kier alpha value is -2.52. The molecule has 35 heavy (non-hydrogen) atoms. The van der Waals surface area contributed by atoms with Crippen molar-refractivity contribution in [3.8, 4) is 11.6 Å². The lowest BCUT2D eigenvalue weighted by molar-refractivity contribution is -0.127. The summed E-state index contributed by atoms with van der Waals surface area (Å²) < 4.78 is 6.02. The standard InChI is InChI=1S/C26H37N7O2/c1-31-14-16-33(17-15-31)22-18-21(32-12-5-10-27-11-13-32)28-25(29-22)23-19-6-4-9-26(24(19)30-35-23)8-3-2-7-20(26)34/h18,27H,2-17H2,1H3/t26-/m1/s1. The highest BCUT2D eigenvalue weighted by Gasteiger charge is 2.48. The lowest BCUT2D eigenvalue weighted by atomic mass is 9.64. The average Bonchev–Trinajstić information content (AvgIpc) is 3.14. The minimum Gasteiger partial charge on any atom is -0.355 e. The van der Waals surface area contributed by atoms with Gasteiger partial charge in [0.05, 0.1) is 5.41 Å². The van der Waals surface area contributed by atoms with E-state index >= 15 is 0 Å². The van der Waals surface area contributed by atoms with Gasteiger partial charge in [0.1, 0.15) is 23.1 Å². The zero-order chi connectivity index (χ0) is 23.8. The molecule has 0 unspecified atom stereocenters. The van der Waals surface area contributed by atoms with Crippen molar-refractivity contribution in [3.05, 3.63) is 17.3 Å². The molecule has 2 aromatic heterocycles. The van der Waals surface area contributed by atoms with Crippen LogP contribution in [0.1, 0.15) is 56.2 Å². The lowest BCUT2D eigenvalue weighted by Crippen LogP contribution is -2.45. The van der Waals surface area contributed by atoms with E-state index in [1.165, 1.54) is 0 Å². The molecule has 1 N–H and O–H groups in total. The van der Waals surface area contributed by atoms with Crippen LogP contribution in [-0.4, -0.2) is 85.2 Å². The number of nitrogens with zero attached hydrogens (tertiary/aromatic N) is 6. The van der Waals surface area contributed by atoms with Crippen LogP contribution in [0.25, 0.3) is 11.6 Å². The molecule has 4 aliphatic rings. The first-order valence-corrected chi connectivity index (χ1v) is 13.4. The summed E-state index contributed by atoms with van der Waals surface area (Å²) in [6.45, 7) is 7.80. The van der Waals surface area contributed by atoms with E-state index < -0.39 is 5.41 Å². The third-order valence-electron chi connectivity index (χ3n) is 8.46. The molecule has 1 spiro atoms. The number of hydrogen-bond acceptors (Lipinski definition) is 9. The zero-order valence-electron chi connectivity index (χ0n) is 20.9. The van der Waals surface area contributed by atoms with E-state index in [0.717, 1.165) is 120 Å². The van der Waals surface area contributed by atoms with Crippen molar-refractivity contribution >= 4 is 17.4 Å². The monoisotopic (exact) mass is 479 g/mol. The molecule has 9 heteroatoms. The van der Waals surface area contributed by atoms with Crippen LogP contribution >= 0.6 is 0 Å². The van der Waals surface area contributed by atoms with Gasteiger partial charge in [-0.3, -0.25) is 4.79 Å². The molecular weight excluding hydrogens is 442 g/mol. The molecule has 2 aromatic rings. The Balaban J connectivity index is 1.41. The van der Waals surface area contributed by atoms with E-state index in [-0.39, 0.29) is 0 Å². The summed E-state index contributed by atoms with van der Waals surface area (Å²) in [4.78, 5) is 30.3. The molecule has 2 saturated heterocycles. The van der Waals surface area contributed by atoms with E-state index in [0.29, 0.717) is 23.8 Å². The normalized spacial score (nSPS) is 26.1. The van der Waals surface area contributed by atoms with E-state index in [4.69, 9.17) is 14.5 Å². The topological polar surface area (TPSA) is 90.6 Å². The second-order valence-electron chi connectivity index (χ2n) is 10.7. The van der Waals surface area contributed by atoms with Crippen LogP contribution in [0.2, 0.25) is 0 Å². The number of nitrogens with one attached hydrogen (secondary N) is 1. The number of piperazine rings is 1. The van der Waals surface area contributed by atoms with Crippen molar-refractivity contribution in [3.63, 3.8) is 0 Å². The molecule has 3 fully saturated rings. The molecule has 188 valence electrons. The Labute approximate surface area is 207 Å². The molecule has 2 aliphatic carbocycles. The van der Waals surface area contributed by atoms with E-state index in [9.17, 15) is 4.79 Å². The third kappa shape index (κ3) is 4.22. The first-order chi connectivity index (χ1) is 17.1. The first-order valence-electron chi connectivity index (χ1n) is 13.4. The molecule has 2 aliphatic heterocycles. The minimum absolute atomic E-state index is 0.342. The smallest absolute Gasteiger partial charge is 0.207 e. The van der Waals surface area contributed by atoms with Gasteiger partial charge in [-0.2, -0.15) is 0 Å². The van der Waals surface area contributed by atoms with Crippen molar-refractivity contribution in [2.75, 3.05) is 69.2 Å². The highest BCUT2D eigenvalue weighted by Crippen LogP contribution is 2.47. The average molecular weight is 480 g/mol. The van der Waals surface area contributed by atoms with Crippen molar-refractivity contribution in [2.45, 2.75) is 56.8 Å². The Morgan fingerprint density at radius 1 is 0.886 bits per heavy atom. The fraction of sp³-hybridized carbons (Fsp3) is 0.692. The van der Waals surface area contributed by atoms with Gasteiger partial charge in [0.25, 0.3) is 0 Å². The summed E-state index contributed by atoms with van der Waals surface area (Å²) in [5, 5.41) is 8.04. The molecule has 0 bridgehead atoms. The number of aromatic nitrogens is 3. The number of hydrogen-bond donors (Lipinski definition) is 1.